The van der Waals surface area contributed by atoms with E-state index in [0.29, 0.717) is 28.2 Å². The summed E-state index contributed by atoms with van der Waals surface area (Å²) in [6.45, 7) is 4.01. The molecule has 0 bridgehead atoms. The molecule has 1 aliphatic heterocycles. The fourth-order valence-corrected chi connectivity index (χ4v) is 4.02. The van der Waals surface area contributed by atoms with Crippen LogP contribution >= 0.6 is 0 Å². The molecule has 0 amide bonds. The largest absolute Gasteiger partial charge is 0.481 e. The summed E-state index contributed by atoms with van der Waals surface area (Å²) >= 11 is 0. The molecule has 1 aliphatic carbocycles. The topological polar surface area (TPSA) is 64.6 Å². The van der Waals surface area contributed by atoms with Gasteiger partial charge >= 0.3 is 5.97 Å². The number of rotatable bonds is 5. The summed E-state index contributed by atoms with van der Waals surface area (Å²) in [5, 5.41) is 3.28. The maximum absolute atomic E-state index is 13.3. The van der Waals surface area contributed by atoms with Crippen LogP contribution < -0.4 is 10.1 Å². The van der Waals surface area contributed by atoms with Gasteiger partial charge in [-0.15, -0.1) is 6.42 Å². The van der Waals surface area contributed by atoms with Gasteiger partial charge in [-0.1, -0.05) is 42.3 Å². The van der Waals surface area contributed by atoms with Crippen molar-refractivity contribution in [3.05, 3.63) is 82.1 Å². The maximum atomic E-state index is 13.3. The number of fused-ring (bicyclic) bond motifs is 2. The Hall–Kier alpha value is -3.78. The van der Waals surface area contributed by atoms with Crippen LogP contribution in [0.3, 0.4) is 0 Å². The van der Waals surface area contributed by atoms with Gasteiger partial charge in [0.1, 0.15) is 12.4 Å². The summed E-state index contributed by atoms with van der Waals surface area (Å²) in [6.07, 6.45) is 5.25. The lowest BCUT2D eigenvalue weighted by Gasteiger charge is -2.29. The van der Waals surface area contributed by atoms with Crippen LogP contribution in [0.25, 0.3) is 5.70 Å². The molecule has 150 valence electrons. The number of allylic oxidation sites excluding steroid dienone is 2. The van der Waals surface area contributed by atoms with Gasteiger partial charge in [0.2, 0.25) is 0 Å². The molecule has 0 fully saturated rings. The summed E-state index contributed by atoms with van der Waals surface area (Å²) in [6, 6.07) is 14.8. The normalized spacial score (nSPS) is 17.1. The van der Waals surface area contributed by atoms with Crippen molar-refractivity contribution in [3.63, 3.8) is 0 Å². The number of carbonyl (C=O) groups excluding carboxylic acids is 2. The first-order valence-corrected chi connectivity index (χ1v) is 9.76. The van der Waals surface area contributed by atoms with Crippen LogP contribution in [0.5, 0.6) is 5.75 Å². The standard InChI is InChI=1S/C25H21NO4/c1-4-14-30-17-12-10-16(11-13-17)21-20(25(28)29-5-2)15(3)26-23-18-8-6-7-9-19(18)24(27)22(21)23/h1,6-13,21,26H,5,14H2,2-3H3/t21-/m0/s1. The predicted octanol–water partition coefficient (Wildman–Crippen LogP) is 3.83. The van der Waals surface area contributed by atoms with Crippen molar-refractivity contribution in [1.29, 1.82) is 0 Å². The molecular formula is C25H21NO4. The number of Topliss-reactive ketones (excluding diaryl/α,β-unsaturated/α-hetero) is 1. The third kappa shape index (κ3) is 3.17. The molecule has 1 atom stereocenters. The van der Waals surface area contributed by atoms with Crippen LogP contribution in [0.4, 0.5) is 0 Å². The van der Waals surface area contributed by atoms with Gasteiger partial charge in [-0.05, 0) is 31.5 Å². The van der Waals surface area contributed by atoms with E-state index in [1.54, 1.807) is 19.1 Å². The first kappa shape index (κ1) is 19.5. The summed E-state index contributed by atoms with van der Waals surface area (Å²) in [7, 11) is 0. The lowest BCUT2D eigenvalue weighted by atomic mass is 9.80. The van der Waals surface area contributed by atoms with Gasteiger partial charge in [0, 0.05) is 28.3 Å². The monoisotopic (exact) mass is 399 g/mol. The van der Waals surface area contributed by atoms with Gasteiger partial charge in [0.15, 0.2) is 5.78 Å². The lowest BCUT2D eigenvalue weighted by molar-refractivity contribution is -0.138. The third-order valence-corrected chi connectivity index (χ3v) is 5.28. The van der Waals surface area contributed by atoms with Crippen molar-refractivity contribution >= 4 is 17.4 Å². The van der Waals surface area contributed by atoms with Crippen molar-refractivity contribution < 1.29 is 19.1 Å². The number of ketones is 1. The summed E-state index contributed by atoms with van der Waals surface area (Å²) < 4.78 is 10.8. The van der Waals surface area contributed by atoms with E-state index in [2.05, 4.69) is 11.2 Å². The number of carbonyl (C=O) groups is 2. The van der Waals surface area contributed by atoms with Crippen LogP contribution in [-0.4, -0.2) is 25.0 Å². The molecule has 5 heteroatoms. The Bertz CT molecular complexity index is 1130. The van der Waals surface area contributed by atoms with E-state index in [1.165, 1.54) is 0 Å². The van der Waals surface area contributed by atoms with E-state index >= 15 is 0 Å². The van der Waals surface area contributed by atoms with Gasteiger partial charge in [-0.3, -0.25) is 4.79 Å². The first-order chi connectivity index (χ1) is 14.6. The molecule has 2 aromatic rings. The zero-order valence-corrected chi connectivity index (χ0v) is 16.8. The summed E-state index contributed by atoms with van der Waals surface area (Å²) in [4.78, 5) is 26.2. The van der Waals surface area contributed by atoms with Crippen LogP contribution in [-0.2, 0) is 9.53 Å². The van der Waals surface area contributed by atoms with Gasteiger partial charge in [-0.25, -0.2) is 4.79 Å². The zero-order valence-electron chi connectivity index (χ0n) is 16.8. The fourth-order valence-electron chi connectivity index (χ4n) is 4.02. The molecule has 30 heavy (non-hydrogen) atoms. The van der Waals surface area contributed by atoms with Gasteiger partial charge in [0.05, 0.1) is 17.9 Å². The second-order valence-electron chi connectivity index (χ2n) is 7.04. The Morgan fingerprint density at radius 1 is 1.13 bits per heavy atom. The van der Waals surface area contributed by atoms with Crippen molar-refractivity contribution in [3.8, 4) is 18.1 Å². The number of ether oxygens (including phenoxy) is 2. The van der Waals surface area contributed by atoms with Crippen molar-refractivity contribution in [2.75, 3.05) is 13.2 Å². The maximum Gasteiger partial charge on any atom is 0.336 e. The van der Waals surface area contributed by atoms with Crippen molar-refractivity contribution in [2.24, 2.45) is 0 Å². The Kier molecular flexibility index (Phi) is 5.16. The second-order valence-corrected chi connectivity index (χ2v) is 7.04. The first-order valence-electron chi connectivity index (χ1n) is 9.76. The number of hydrogen-bond acceptors (Lipinski definition) is 5. The Labute approximate surface area is 175 Å². The second kappa shape index (κ2) is 7.92. The fraction of sp³-hybridized carbons (Fsp3) is 0.200. The Balaban J connectivity index is 1.84. The predicted molar refractivity (Wildman–Crippen MR) is 114 cm³/mol. The van der Waals surface area contributed by atoms with Crippen molar-refractivity contribution in [1.82, 2.24) is 5.32 Å². The lowest BCUT2D eigenvalue weighted by Crippen LogP contribution is -2.29. The highest BCUT2D eigenvalue weighted by Crippen LogP contribution is 2.46. The van der Waals surface area contributed by atoms with Crippen LogP contribution in [0.2, 0.25) is 0 Å². The van der Waals surface area contributed by atoms with Gasteiger partial charge in [-0.2, -0.15) is 0 Å². The van der Waals surface area contributed by atoms with Crippen LogP contribution in [0.15, 0.2) is 65.4 Å². The van der Waals surface area contributed by atoms with Crippen LogP contribution in [0.1, 0.15) is 41.3 Å². The van der Waals surface area contributed by atoms with E-state index in [1.807, 2.05) is 43.3 Å². The molecule has 0 spiro atoms. The summed E-state index contributed by atoms with van der Waals surface area (Å²) in [5.74, 6) is 2.00. The molecule has 0 saturated heterocycles. The minimum atomic E-state index is -0.540. The molecule has 2 aromatic carbocycles. The van der Waals surface area contributed by atoms with Crippen molar-refractivity contribution in [2.45, 2.75) is 19.8 Å². The highest BCUT2D eigenvalue weighted by molar-refractivity contribution is 6.23. The smallest absolute Gasteiger partial charge is 0.336 e. The molecule has 4 rings (SSSR count). The highest BCUT2D eigenvalue weighted by Gasteiger charge is 2.42. The minimum Gasteiger partial charge on any atom is -0.481 e. The minimum absolute atomic E-state index is 0.0833. The summed E-state index contributed by atoms with van der Waals surface area (Å²) in [5.41, 5.74) is 4.70. The average molecular weight is 399 g/mol. The Morgan fingerprint density at radius 3 is 2.50 bits per heavy atom. The van der Waals surface area contributed by atoms with Gasteiger partial charge < -0.3 is 14.8 Å². The van der Waals surface area contributed by atoms with Crippen LogP contribution in [0, 0.1) is 12.3 Å². The molecule has 0 radical (unpaired) electrons. The number of benzene rings is 2. The van der Waals surface area contributed by atoms with Gasteiger partial charge in [0.25, 0.3) is 0 Å². The highest BCUT2D eigenvalue weighted by atomic mass is 16.5. The molecule has 0 saturated carbocycles. The third-order valence-electron chi connectivity index (χ3n) is 5.28. The molecular weight excluding hydrogens is 378 g/mol. The quantitative estimate of drug-likeness (QED) is 0.612. The van der Waals surface area contributed by atoms with E-state index in [9.17, 15) is 9.59 Å². The molecule has 2 aliphatic rings. The van der Waals surface area contributed by atoms with E-state index in [-0.39, 0.29) is 19.0 Å². The van der Waals surface area contributed by atoms with E-state index in [4.69, 9.17) is 15.9 Å². The number of nitrogens with one attached hydrogen (secondary N) is 1. The molecule has 0 aromatic heterocycles. The number of terminal acetylenes is 1. The average Bonchev–Trinajstić information content (AvgIpc) is 3.04. The molecule has 5 nitrogen and oxygen atoms in total. The zero-order chi connectivity index (χ0) is 21.3. The van der Waals surface area contributed by atoms with E-state index < -0.39 is 11.9 Å². The number of esters is 1. The molecule has 0 unspecified atom stereocenters. The Morgan fingerprint density at radius 2 is 1.83 bits per heavy atom. The van der Waals surface area contributed by atoms with E-state index in [0.717, 1.165) is 16.8 Å². The number of dihydropyridines is 1. The SMILES string of the molecule is C#CCOc1ccc([C@H]2C(C(=O)OCC)=C(C)NC3=C2C(=O)c2ccccc23)cc1. The molecule has 1 heterocycles. The molecule has 1 N–H and O–H groups in total. The number of hydrogen-bond donors (Lipinski definition) is 1.